The van der Waals surface area contributed by atoms with Crippen LogP contribution in [-0.4, -0.2) is 46.3 Å². The van der Waals surface area contributed by atoms with Crippen molar-refractivity contribution in [3.8, 4) is 0 Å². The van der Waals surface area contributed by atoms with Crippen LogP contribution in [0.3, 0.4) is 0 Å². The molecule has 2 N–H and O–H groups in total. The fourth-order valence-electron chi connectivity index (χ4n) is 5.91. The van der Waals surface area contributed by atoms with Crippen LogP contribution >= 0.6 is 0 Å². The molecule has 5 rings (SSSR count). The molecule has 0 aromatic carbocycles. The first-order chi connectivity index (χ1) is 9.53. The van der Waals surface area contributed by atoms with E-state index in [-0.39, 0.29) is 11.3 Å². The van der Waals surface area contributed by atoms with E-state index in [9.17, 15) is 15.0 Å². The average Bonchev–Trinajstić information content (AvgIpc) is 2.67. The van der Waals surface area contributed by atoms with Gasteiger partial charge in [0.15, 0.2) is 0 Å². The first-order valence-electron chi connectivity index (χ1n) is 8.17. The molecule has 1 saturated heterocycles. The SMILES string of the molecule is O=C(CC12CC3CC(CC(C3)C1)C2)N1CC(O)C(O)C1. The number of likely N-dealkylation sites (tertiary alicyclic amines) is 1. The van der Waals surface area contributed by atoms with E-state index in [2.05, 4.69) is 0 Å². The van der Waals surface area contributed by atoms with Crippen LogP contribution in [0.2, 0.25) is 0 Å². The van der Waals surface area contributed by atoms with E-state index in [0.29, 0.717) is 19.5 Å². The number of hydrogen-bond donors (Lipinski definition) is 2. The average molecular weight is 279 g/mol. The van der Waals surface area contributed by atoms with E-state index in [4.69, 9.17) is 0 Å². The Labute approximate surface area is 120 Å². The second-order valence-corrected chi connectivity index (χ2v) is 8.03. The third-order valence-corrected chi connectivity index (χ3v) is 6.30. The summed E-state index contributed by atoms with van der Waals surface area (Å²) in [6.45, 7) is 0.624. The molecule has 5 fully saturated rings. The Balaban J connectivity index is 1.45. The number of hydrogen-bond acceptors (Lipinski definition) is 3. The highest BCUT2D eigenvalue weighted by Crippen LogP contribution is 2.61. The molecule has 0 spiro atoms. The van der Waals surface area contributed by atoms with Gasteiger partial charge in [0.05, 0.1) is 12.2 Å². The molecule has 20 heavy (non-hydrogen) atoms. The zero-order chi connectivity index (χ0) is 13.9. The Morgan fingerprint density at radius 3 is 1.85 bits per heavy atom. The van der Waals surface area contributed by atoms with Crippen molar-refractivity contribution in [3.05, 3.63) is 0 Å². The molecule has 4 nitrogen and oxygen atoms in total. The molecule has 0 aromatic rings. The van der Waals surface area contributed by atoms with Crippen LogP contribution in [0.5, 0.6) is 0 Å². The van der Waals surface area contributed by atoms with E-state index < -0.39 is 12.2 Å². The van der Waals surface area contributed by atoms with Crippen molar-refractivity contribution < 1.29 is 15.0 Å². The summed E-state index contributed by atoms with van der Waals surface area (Å²) in [4.78, 5) is 14.2. The minimum absolute atomic E-state index is 0.155. The molecule has 0 aromatic heterocycles. The van der Waals surface area contributed by atoms with Crippen molar-refractivity contribution >= 4 is 5.91 Å². The molecular weight excluding hydrogens is 254 g/mol. The van der Waals surface area contributed by atoms with Gasteiger partial charge in [-0.15, -0.1) is 0 Å². The summed E-state index contributed by atoms with van der Waals surface area (Å²) in [5.41, 5.74) is 0.254. The predicted molar refractivity (Wildman–Crippen MR) is 73.8 cm³/mol. The fourth-order valence-corrected chi connectivity index (χ4v) is 5.91. The monoisotopic (exact) mass is 279 g/mol. The highest BCUT2D eigenvalue weighted by Gasteiger charge is 2.52. The van der Waals surface area contributed by atoms with Gasteiger partial charge in [0.2, 0.25) is 5.91 Å². The van der Waals surface area contributed by atoms with Gasteiger partial charge in [-0.1, -0.05) is 0 Å². The lowest BCUT2D eigenvalue weighted by Gasteiger charge is -2.56. The Bertz CT molecular complexity index is 377. The van der Waals surface area contributed by atoms with Crippen LogP contribution in [0.25, 0.3) is 0 Å². The van der Waals surface area contributed by atoms with E-state index in [1.807, 2.05) is 0 Å². The molecule has 2 unspecified atom stereocenters. The lowest BCUT2D eigenvalue weighted by Crippen LogP contribution is -2.48. The van der Waals surface area contributed by atoms with Gasteiger partial charge in [-0.05, 0) is 61.7 Å². The maximum absolute atomic E-state index is 12.5. The van der Waals surface area contributed by atoms with Gasteiger partial charge in [0.1, 0.15) is 0 Å². The minimum atomic E-state index is -0.754. The number of aliphatic hydroxyl groups excluding tert-OH is 2. The van der Waals surface area contributed by atoms with Crippen LogP contribution in [0.1, 0.15) is 44.9 Å². The molecule has 1 aliphatic heterocycles. The maximum Gasteiger partial charge on any atom is 0.223 e. The van der Waals surface area contributed by atoms with Gasteiger partial charge in [0, 0.05) is 19.5 Å². The second-order valence-electron chi connectivity index (χ2n) is 8.03. The zero-order valence-electron chi connectivity index (χ0n) is 12.0. The second kappa shape index (κ2) is 4.44. The quantitative estimate of drug-likeness (QED) is 0.797. The molecule has 1 heterocycles. The molecular formula is C16H25NO3. The van der Waals surface area contributed by atoms with Gasteiger partial charge in [-0.25, -0.2) is 0 Å². The highest BCUT2D eigenvalue weighted by molar-refractivity contribution is 5.77. The predicted octanol–water partition coefficient (Wildman–Crippen LogP) is 1.16. The first kappa shape index (κ1) is 13.1. The van der Waals surface area contributed by atoms with Crippen molar-refractivity contribution in [2.75, 3.05) is 13.1 Å². The van der Waals surface area contributed by atoms with Crippen LogP contribution in [0.15, 0.2) is 0 Å². The Morgan fingerprint density at radius 1 is 0.950 bits per heavy atom. The maximum atomic E-state index is 12.5. The van der Waals surface area contributed by atoms with Crippen LogP contribution in [0, 0.1) is 23.2 Å². The summed E-state index contributed by atoms with van der Waals surface area (Å²) in [5, 5.41) is 19.2. The summed E-state index contributed by atoms with van der Waals surface area (Å²) in [7, 11) is 0. The molecule has 5 aliphatic rings. The third-order valence-electron chi connectivity index (χ3n) is 6.30. The Hall–Kier alpha value is -0.610. The van der Waals surface area contributed by atoms with Gasteiger partial charge in [0.25, 0.3) is 0 Å². The van der Waals surface area contributed by atoms with Crippen LogP contribution in [0.4, 0.5) is 0 Å². The van der Waals surface area contributed by atoms with E-state index >= 15 is 0 Å². The van der Waals surface area contributed by atoms with E-state index in [1.165, 1.54) is 38.5 Å². The standard InChI is InChI=1S/C16H25NO3/c18-13-8-17(9-14(13)19)15(20)7-16-4-10-1-11(5-16)3-12(2-10)6-16/h10-14,18-19H,1-9H2. The number of aliphatic hydroxyl groups is 2. The van der Waals surface area contributed by atoms with Crippen molar-refractivity contribution in [3.63, 3.8) is 0 Å². The zero-order valence-corrected chi connectivity index (χ0v) is 12.0. The fraction of sp³-hybridized carbons (Fsp3) is 0.938. The topological polar surface area (TPSA) is 60.8 Å². The number of carbonyl (C=O) groups is 1. The van der Waals surface area contributed by atoms with Gasteiger partial charge in [-0.2, -0.15) is 0 Å². The van der Waals surface area contributed by atoms with Crippen LogP contribution in [-0.2, 0) is 4.79 Å². The molecule has 0 radical (unpaired) electrons. The molecule has 4 bridgehead atoms. The van der Waals surface area contributed by atoms with Gasteiger partial charge < -0.3 is 15.1 Å². The summed E-state index contributed by atoms with van der Waals surface area (Å²) < 4.78 is 0. The largest absolute Gasteiger partial charge is 0.388 e. The van der Waals surface area contributed by atoms with Gasteiger partial charge >= 0.3 is 0 Å². The molecule has 4 heteroatoms. The number of β-amino-alcohol motifs (C(OH)–C–C–N with tert-alkyl or cyclic N) is 2. The highest BCUT2D eigenvalue weighted by atomic mass is 16.3. The smallest absolute Gasteiger partial charge is 0.223 e. The molecule has 112 valence electrons. The Kier molecular flexibility index (Phi) is 2.90. The van der Waals surface area contributed by atoms with Gasteiger partial charge in [-0.3, -0.25) is 4.79 Å². The number of nitrogens with zero attached hydrogens (tertiary/aromatic N) is 1. The molecule has 2 atom stereocenters. The number of amides is 1. The van der Waals surface area contributed by atoms with E-state index in [0.717, 1.165) is 17.8 Å². The summed E-state index contributed by atoms with van der Waals surface area (Å²) in [6, 6.07) is 0. The Morgan fingerprint density at radius 2 is 1.40 bits per heavy atom. The van der Waals surface area contributed by atoms with E-state index in [1.54, 1.807) is 4.90 Å². The van der Waals surface area contributed by atoms with Crippen molar-refractivity contribution in [1.82, 2.24) is 4.90 Å². The summed E-state index contributed by atoms with van der Waals surface area (Å²) in [6.07, 6.45) is 7.05. The minimum Gasteiger partial charge on any atom is -0.388 e. The molecule has 4 saturated carbocycles. The van der Waals surface area contributed by atoms with Crippen molar-refractivity contribution in [2.24, 2.45) is 23.2 Å². The number of rotatable bonds is 2. The normalized spacial score (nSPS) is 49.9. The van der Waals surface area contributed by atoms with Crippen molar-refractivity contribution in [2.45, 2.75) is 57.2 Å². The third kappa shape index (κ3) is 2.08. The molecule has 1 amide bonds. The lowest BCUT2D eigenvalue weighted by atomic mass is 9.49. The molecule has 4 aliphatic carbocycles. The van der Waals surface area contributed by atoms with Crippen LogP contribution < -0.4 is 0 Å². The summed E-state index contributed by atoms with van der Waals surface area (Å²) in [5.74, 6) is 2.75. The van der Waals surface area contributed by atoms with Crippen molar-refractivity contribution in [1.29, 1.82) is 0 Å². The number of carbonyl (C=O) groups excluding carboxylic acids is 1. The lowest BCUT2D eigenvalue weighted by molar-refractivity contribution is -0.139. The summed E-state index contributed by atoms with van der Waals surface area (Å²) >= 11 is 0. The first-order valence-corrected chi connectivity index (χ1v) is 8.17.